The van der Waals surface area contributed by atoms with Gasteiger partial charge in [-0.05, 0) is 49.4 Å². The Morgan fingerprint density at radius 2 is 2.04 bits per heavy atom. The minimum absolute atomic E-state index is 0.0866. The molecule has 0 saturated carbocycles. The van der Waals surface area contributed by atoms with E-state index in [1.54, 1.807) is 12.1 Å². The first-order chi connectivity index (χ1) is 11.6. The van der Waals surface area contributed by atoms with Crippen molar-refractivity contribution in [3.05, 3.63) is 29.8 Å². The van der Waals surface area contributed by atoms with E-state index in [1.807, 2.05) is 17.0 Å². The van der Waals surface area contributed by atoms with Crippen LogP contribution in [-0.4, -0.2) is 43.0 Å². The van der Waals surface area contributed by atoms with Gasteiger partial charge in [0.1, 0.15) is 5.75 Å². The van der Waals surface area contributed by atoms with Gasteiger partial charge in [0.15, 0.2) is 0 Å². The quantitative estimate of drug-likeness (QED) is 0.708. The third-order valence-electron chi connectivity index (χ3n) is 4.14. The largest absolute Gasteiger partial charge is 0.494 e. The molecule has 2 rings (SSSR count). The molecule has 1 aromatic rings. The zero-order chi connectivity index (χ0) is 17.4. The Morgan fingerprint density at radius 1 is 1.29 bits per heavy atom. The zero-order valence-corrected chi connectivity index (χ0v) is 14.7. The Morgan fingerprint density at radius 3 is 2.67 bits per heavy atom. The van der Waals surface area contributed by atoms with E-state index in [9.17, 15) is 9.59 Å². The molecule has 24 heavy (non-hydrogen) atoms. The summed E-state index contributed by atoms with van der Waals surface area (Å²) in [5.74, 6) is 1.55. The van der Waals surface area contributed by atoms with E-state index in [0.29, 0.717) is 31.1 Å². The maximum Gasteiger partial charge on any atom is 0.251 e. The van der Waals surface area contributed by atoms with E-state index in [1.165, 1.54) is 0 Å². The summed E-state index contributed by atoms with van der Waals surface area (Å²) in [7, 11) is 0. The normalized spacial score (nSPS) is 14.3. The Bertz CT molecular complexity index is 540. The molecule has 2 amide bonds. The summed E-state index contributed by atoms with van der Waals surface area (Å²) in [6.07, 6.45) is 3.42. The molecule has 0 radical (unpaired) electrons. The smallest absolute Gasteiger partial charge is 0.251 e. The zero-order valence-electron chi connectivity index (χ0n) is 14.7. The highest BCUT2D eigenvalue weighted by atomic mass is 16.5. The van der Waals surface area contributed by atoms with Crippen molar-refractivity contribution in [1.82, 2.24) is 10.2 Å². The number of benzene rings is 1. The average Bonchev–Trinajstić information content (AvgIpc) is 2.97. The van der Waals surface area contributed by atoms with Gasteiger partial charge in [0.25, 0.3) is 5.91 Å². The van der Waals surface area contributed by atoms with Gasteiger partial charge in [0, 0.05) is 31.6 Å². The maximum absolute atomic E-state index is 12.1. The molecule has 1 aromatic carbocycles. The van der Waals surface area contributed by atoms with Crippen LogP contribution in [0.15, 0.2) is 24.3 Å². The number of likely N-dealkylation sites (tertiary alicyclic amines) is 1. The molecule has 5 heteroatoms. The Hall–Kier alpha value is -2.04. The number of amides is 2. The van der Waals surface area contributed by atoms with Gasteiger partial charge in [0.2, 0.25) is 5.91 Å². The van der Waals surface area contributed by atoms with Gasteiger partial charge >= 0.3 is 0 Å². The topological polar surface area (TPSA) is 58.6 Å². The van der Waals surface area contributed by atoms with Crippen molar-refractivity contribution in [2.24, 2.45) is 5.92 Å². The molecule has 0 aromatic heterocycles. The van der Waals surface area contributed by atoms with Crippen molar-refractivity contribution in [1.29, 1.82) is 0 Å². The molecular weight excluding hydrogens is 304 g/mol. The van der Waals surface area contributed by atoms with Gasteiger partial charge in [-0.2, -0.15) is 0 Å². The Kier molecular flexibility index (Phi) is 7.09. The van der Waals surface area contributed by atoms with E-state index >= 15 is 0 Å². The van der Waals surface area contributed by atoms with Crippen LogP contribution >= 0.6 is 0 Å². The lowest BCUT2D eigenvalue weighted by molar-refractivity contribution is -0.127. The molecule has 0 bridgehead atoms. The third-order valence-corrected chi connectivity index (χ3v) is 4.14. The fourth-order valence-corrected chi connectivity index (χ4v) is 2.63. The summed E-state index contributed by atoms with van der Waals surface area (Å²) in [4.78, 5) is 25.5. The number of nitrogens with zero attached hydrogens (tertiary/aromatic N) is 1. The molecular formula is C19H28N2O3. The highest BCUT2D eigenvalue weighted by Crippen LogP contribution is 2.13. The molecule has 1 aliphatic rings. The monoisotopic (exact) mass is 332 g/mol. The number of hydrogen-bond donors (Lipinski definition) is 1. The van der Waals surface area contributed by atoms with Gasteiger partial charge in [-0.1, -0.05) is 13.8 Å². The first kappa shape index (κ1) is 18.3. The first-order valence-electron chi connectivity index (χ1n) is 8.85. The fraction of sp³-hybridized carbons (Fsp3) is 0.579. The summed E-state index contributed by atoms with van der Waals surface area (Å²) in [5.41, 5.74) is 0.628. The van der Waals surface area contributed by atoms with E-state index in [-0.39, 0.29) is 11.8 Å². The van der Waals surface area contributed by atoms with Crippen LogP contribution in [0.2, 0.25) is 0 Å². The number of hydrogen-bond acceptors (Lipinski definition) is 3. The molecule has 132 valence electrons. The number of ether oxygens (including phenoxy) is 1. The minimum atomic E-state index is -0.0866. The van der Waals surface area contributed by atoms with Crippen molar-refractivity contribution < 1.29 is 14.3 Å². The highest BCUT2D eigenvalue weighted by molar-refractivity contribution is 5.94. The number of nitrogens with one attached hydrogen (secondary N) is 1. The highest BCUT2D eigenvalue weighted by Gasteiger charge is 2.19. The van der Waals surface area contributed by atoms with Crippen molar-refractivity contribution in [2.75, 3.05) is 26.2 Å². The Balaban J connectivity index is 1.67. The standard InChI is InChI=1S/C19H28N2O3/c1-15(2)10-14-24-17-8-6-16(7-9-17)19(23)20-11-4-13-21-12-3-5-18(21)22/h6-9,15H,3-5,10-14H2,1-2H3,(H,20,23). The average molecular weight is 332 g/mol. The van der Waals surface area contributed by atoms with E-state index in [4.69, 9.17) is 4.74 Å². The molecule has 0 aliphatic carbocycles. The predicted octanol–water partition coefficient (Wildman–Crippen LogP) is 2.85. The van der Waals surface area contributed by atoms with Gasteiger partial charge in [-0.15, -0.1) is 0 Å². The SMILES string of the molecule is CC(C)CCOc1ccc(C(=O)NCCCN2CCCC2=O)cc1. The second kappa shape index (κ2) is 9.30. The molecule has 5 nitrogen and oxygen atoms in total. The lowest BCUT2D eigenvalue weighted by Gasteiger charge is -2.15. The summed E-state index contributed by atoms with van der Waals surface area (Å²) < 4.78 is 5.65. The molecule has 1 aliphatic heterocycles. The molecule has 0 unspecified atom stereocenters. The van der Waals surface area contributed by atoms with E-state index in [2.05, 4.69) is 19.2 Å². The van der Waals surface area contributed by atoms with Gasteiger partial charge in [-0.25, -0.2) is 0 Å². The van der Waals surface area contributed by atoms with E-state index in [0.717, 1.165) is 38.1 Å². The summed E-state index contributed by atoms with van der Waals surface area (Å²) in [6.45, 7) is 7.17. The van der Waals surface area contributed by atoms with Crippen LogP contribution in [0.1, 0.15) is 49.9 Å². The lowest BCUT2D eigenvalue weighted by atomic mass is 10.1. The molecule has 0 atom stereocenters. The number of carbonyl (C=O) groups is 2. The van der Waals surface area contributed by atoms with Crippen LogP contribution in [0.5, 0.6) is 5.75 Å². The van der Waals surface area contributed by atoms with Crippen molar-refractivity contribution in [3.8, 4) is 5.75 Å². The summed E-state index contributed by atoms with van der Waals surface area (Å²) in [6, 6.07) is 7.23. The fourth-order valence-electron chi connectivity index (χ4n) is 2.63. The summed E-state index contributed by atoms with van der Waals surface area (Å²) in [5, 5.41) is 2.90. The van der Waals surface area contributed by atoms with Crippen LogP contribution in [0.25, 0.3) is 0 Å². The molecule has 1 heterocycles. The van der Waals surface area contributed by atoms with Crippen molar-refractivity contribution in [3.63, 3.8) is 0 Å². The van der Waals surface area contributed by atoms with Gasteiger partial charge < -0.3 is 15.0 Å². The van der Waals surface area contributed by atoms with Crippen LogP contribution in [0.4, 0.5) is 0 Å². The van der Waals surface area contributed by atoms with Crippen LogP contribution in [-0.2, 0) is 4.79 Å². The molecule has 1 fully saturated rings. The minimum Gasteiger partial charge on any atom is -0.494 e. The first-order valence-corrected chi connectivity index (χ1v) is 8.85. The van der Waals surface area contributed by atoms with Crippen molar-refractivity contribution >= 4 is 11.8 Å². The Labute approximate surface area is 144 Å². The van der Waals surface area contributed by atoms with Crippen molar-refractivity contribution in [2.45, 2.75) is 39.5 Å². The predicted molar refractivity (Wildman–Crippen MR) is 94.2 cm³/mol. The van der Waals surface area contributed by atoms with Crippen LogP contribution < -0.4 is 10.1 Å². The number of rotatable bonds is 9. The molecule has 1 N–H and O–H groups in total. The second-order valence-electron chi connectivity index (χ2n) is 6.65. The maximum atomic E-state index is 12.1. The lowest BCUT2D eigenvalue weighted by Crippen LogP contribution is -2.30. The van der Waals surface area contributed by atoms with Gasteiger partial charge in [0.05, 0.1) is 6.61 Å². The second-order valence-corrected chi connectivity index (χ2v) is 6.65. The third kappa shape index (κ3) is 5.87. The van der Waals surface area contributed by atoms with Crippen LogP contribution in [0, 0.1) is 5.92 Å². The molecule has 1 saturated heterocycles. The number of carbonyl (C=O) groups excluding carboxylic acids is 2. The van der Waals surface area contributed by atoms with Gasteiger partial charge in [-0.3, -0.25) is 9.59 Å². The van der Waals surface area contributed by atoms with E-state index < -0.39 is 0 Å². The molecule has 0 spiro atoms. The summed E-state index contributed by atoms with van der Waals surface area (Å²) >= 11 is 0. The van der Waals surface area contributed by atoms with Crippen LogP contribution in [0.3, 0.4) is 0 Å².